The van der Waals surface area contributed by atoms with Crippen LogP contribution in [0.5, 0.6) is 0 Å². The zero-order valence-electron chi connectivity index (χ0n) is 10.8. The third-order valence-electron chi connectivity index (χ3n) is 2.17. The van der Waals surface area contributed by atoms with Gasteiger partial charge in [-0.3, -0.25) is 0 Å². The van der Waals surface area contributed by atoms with Gasteiger partial charge >= 0.3 is 11.9 Å². The molecule has 0 atom stereocenters. The molecule has 0 aromatic heterocycles. The van der Waals surface area contributed by atoms with Gasteiger partial charge in [-0.25, -0.2) is 9.59 Å². The van der Waals surface area contributed by atoms with Crippen LogP contribution in [0.25, 0.3) is 0 Å². The van der Waals surface area contributed by atoms with Crippen molar-refractivity contribution in [2.45, 2.75) is 40.2 Å². The Balaban J connectivity index is 5.34. The number of carbonyl (C=O) groups is 2. The van der Waals surface area contributed by atoms with Crippen molar-refractivity contribution in [2.75, 3.05) is 0 Å². The Kier molecular flexibility index (Phi) is 4.94. The largest absolute Gasteiger partial charge is 0.478 e. The molecular formula is C12H19NO4. The Morgan fingerprint density at radius 2 is 1.47 bits per heavy atom. The Morgan fingerprint density at radius 1 is 1.00 bits per heavy atom. The molecule has 17 heavy (non-hydrogen) atoms. The lowest BCUT2D eigenvalue weighted by Gasteiger charge is -2.19. The summed E-state index contributed by atoms with van der Waals surface area (Å²) in [5.41, 5.74) is -0.0612. The maximum Gasteiger partial charge on any atom is 0.337 e. The van der Waals surface area contributed by atoms with Crippen LogP contribution >= 0.6 is 0 Å². The molecule has 0 aliphatic heterocycles. The third-order valence-corrected chi connectivity index (χ3v) is 2.17. The zero-order chi connectivity index (χ0) is 13.8. The van der Waals surface area contributed by atoms with Crippen LogP contribution in [0.4, 0.5) is 0 Å². The molecule has 0 amide bonds. The minimum Gasteiger partial charge on any atom is -0.478 e. The molecule has 96 valence electrons. The van der Waals surface area contributed by atoms with E-state index in [1.54, 1.807) is 0 Å². The lowest BCUT2D eigenvalue weighted by atomic mass is 10.0. The number of carboxylic acids is 2. The molecule has 0 saturated carbocycles. The molecule has 5 heteroatoms. The molecule has 0 fully saturated rings. The summed E-state index contributed by atoms with van der Waals surface area (Å²) in [6.07, 6.45) is 1.34. The Labute approximate surface area is 101 Å². The van der Waals surface area contributed by atoms with Gasteiger partial charge < -0.3 is 15.5 Å². The van der Waals surface area contributed by atoms with Crippen molar-refractivity contribution >= 4 is 11.9 Å². The molecule has 5 nitrogen and oxygen atoms in total. The van der Waals surface area contributed by atoms with Crippen LogP contribution in [0.1, 0.15) is 34.6 Å². The molecule has 0 bridgehead atoms. The lowest BCUT2D eigenvalue weighted by Crippen LogP contribution is -2.32. The number of nitrogens with one attached hydrogen (secondary N) is 1. The summed E-state index contributed by atoms with van der Waals surface area (Å²) in [4.78, 5) is 21.8. The molecule has 0 aromatic rings. The van der Waals surface area contributed by atoms with Crippen molar-refractivity contribution in [3.8, 4) is 0 Å². The van der Waals surface area contributed by atoms with Gasteiger partial charge in [0.2, 0.25) is 0 Å². The van der Waals surface area contributed by atoms with Crippen molar-refractivity contribution in [3.63, 3.8) is 0 Å². The van der Waals surface area contributed by atoms with Crippen molar-refractivity contribution in [3.05, 3.63) is 22.9 Å². The van der Waals surface area contributed by atoms with E-state index in [0.29, 0.717) is 0 Å². The Hall–Kier alpha value is -1.78. The average molecular weight is 241 g/mol. The van der Waals surface area contributed by atoms with Crippen molar-refractivity contribution in [1.82, 2.24) is 5.32 Å². The molecule has 0 saturated heterocycles. The van der Waals surface area contributed by atoms with Crippen molar-refractivity contribution in [1.29, 1.82) is 0 Å². The number of hydrogen-bond acceptors (Lipinski definition) is 3. The zero-order valence-corrected chi connectivity index (χ0v) is 10.8. The SMILES string of the molecule is C/C(C(=O)O)=C(/C)C(=CNC(C)(C)C)C(=O)O. The van der Waals surface area contributed by atoms with E-state index in [2.05, 4.69) is 5.32 Å². The van der Waals surface area contributed by atoms with Gasteiger partial charge in [0.1, 0.15) is 0 Å². The van der Waals surface area contributed by atoms with Gasteiger partial charge in [-0.15, -0.1) is 0 Å². The van der Waals surface area contributed by atoms with E-state index in [9.17, 15) is 9.59 Å². The van der Waals surface area contributed by atoms with Gasteiger partial charge in [-0.05, 0) is 40.2 Å². The third kappa shape index (κ3) is 5.19. The lowest BCUT2D eigenvalue weighted by molar-refractivity contribution is -0.132. The molecule has 0 aliphatic carbocycles. The van der Waals surface area contributed by atoms with Crippen LogP contribution in [0.2, 0.25) is 0 Å². The van der Waals surface area contributed by atoms with Crippen LogP contribution in [0, 0.1) is 0 Å². The van der Waals surface area contributed by atoms with Gasteiger partial charge in [0, 0.05) is 17.3 Å². The fourth-order valence-electron chi connectivity index (χ4n) is 0.981. The number of carboxylic acid groups (broad SMARTS) is 2. The maximum atomic E-state index is 11.0. The molecule has 0 heterocycles. The topological polar surface area (TPSA) is 86.6 Å². The summed E-state index contributed by atoms with van der Waals surface area (Å²) in [6, 6.07) is 0. The van der Waals surface area contributed by atoms with E-state index in [-0.39, 0.29) is 22.3 Å². The minimum atomic E-state index is -1.15. The highest BCUT2D eigenvalue weighted by Gasteiger charge is 2.16. The fraction of sp³-hybridized carbons (Fsp3) is 0.500. The second-order valence-corrected chi connectivity index (χ2v) is 4.81. The highest BCUT2D eigenvalue weighted by atomic mass is 16.4. The standard InChI is InChI=1S/C12H19NO4/c1-7(8(2)10(14)15)9(11(16)17)6-13-12(3,4)5/h6,13H,1-5H3,(H,14,15)(H,16,17)/b8-7+,9-6?. The van der Waals surface area contributed by atoms with E-state index in [4.69, 9.17) is 10.2 Å². The van der Waals surface area contributed by atoms with Crippen LogP contribution in [-0.2, 0) is 9.59 Å². The monoisotopic (exact) mass is 241 g/mol. The van der Waals surface area contributed by atoms with Crippen LogP contribution in [-0.4, -0.2) is 27.7 Å². The van der Waals surface area contributed by atoms with Gasteiger partial charge in [0.15, 0.2) is 0 Å². The molecule has 0 spiro atoms. The first-order valence-electron chi connectivity index (χ1n) is 5.18. The second kappa shape index (κ2) is 5.52. The first kappa shape index (κ1) is 15.2. The van der Waals surface area contributed by atoms with E-state index < -0.39 is 11.9 Å². The molecule has 0 aromatic carbocycles. The molecule has 0 aliphatic rings. The van der Waals surface area contributed by atoms with Gasteiger partial charge in [-0.1, -0.05) is 0 Å². The number of hydrogen-bond donors (Lipinski definition) is 3. The van der Waals surface area contributed by atoms with Crippen molar-refractivity contribution < 1.29 is 19.8 Å². The highest BCUT2D eigenvalue weighted by Crippen LogP contribution is 2.15. The summed E-state index contributed by atoms with van der Waals surface area (Å²) in [6.45, 7) is 8.50. The molecule has 0 rings (SSSR count). The van der Waals surface area contributed by atoms with Gasteiger partial charge in [0.05, 0.1) is 5.57 Å². The Bertz CT molecular complexity index is 386. The number of rotatable bonds is 4. The summed E-state index contributed by atoms with van der Waals surface area (Å²) >= 11 is 0. The fourth-order valence-corrected chi connectivity index (χ4v) is 0.981. The average Bonchev–Trinajstić information content (AvgIpc) is 2.13. The predicted octanol–water partition coefficient (Wildman–Crippen LogP) is 1.76. The van der Waals surface area contributed by atoms with E-state index in [1.165, 1.54) is 20.0 Å². The molecule has 0 radical (unpaired) electrons. The van der Waals surface area contributed by atoms with E-state index in [1.807, 2.05) is 20.8 Å². The summed E-state index contributed by atoms with van der Waals surface area (Å²) in [5.74, 6) is -2.27. The van der Waals surface area contributed by atoms with Crippen LogP contribution < -0.4 is 5.32 Å². The van der Waals surface area contributed by atoms with Gasteiger partial charge in [0.25, 0.3) is 0 Å². The second-order valence-electron chi connectivity index (χ2n) is 4.81. The minimum absolute atomic E-state index is 0.0226. The summed E-state index contributed by atoms with van der Waals surface area (Å²) in [7, 11) is 0. The van der Waals surface area contributed by atoms with Gasteiger partial charge in [-0.2, -0.15) is 0 Å². The molecule has 0 unspecified atom stereocenters. The smallest absolute Gasteiger partial charge is 0.337 e. The quantitative estimate of drug-likeness (QED) is 0.515. The van der Waals surface area contributed by atoms with E-state index in [0.717, 1.165) is 0 Å². The molecule has 3 N–H and O–H groups in total. The highest BCUT2D eigenvalue weighted by molar-refractivity contribution is 5.96. The predicted molar refractivity (Wildman–Crippen MR) is 64.6 cm³/mol. The first-order valence-corrected chi connectivity index (χ1v) is 5.18. The first-order chi connectivity index (χ1) is 7.56. The normalized spacial score (nSPS) is 14.1. The van der Waals surface area contributed by atoms with Crippen LogP contribution in [0.3, 0.4) is 0 Å². The maximum absolute atomic E-state index is 11.0. The van der Waals surface area contributed by atoms with Crippen molar-refractivity contribution in [2.24, 2.45) is 0 Å². The summed E-state index contributed by atoms with van der Waals surface area (Å²) < 4.78 is 0. The number of aliphatic carboxylic acids is 2. The Morgan fingerprint density at radius 3 is 1.76 bits per heavy atom. The summed E-state index contributed by atoms with van der Waals surface area (Å²) in [5, 5.41) is 20.8. The van der Waals surface area contributed by atoms with Crippen LogP contribution in [0.15, 0.2) is 22.9 Å². The molecular weight excluding hydrogens is 222 g/mol. The van der Waals surface area contributed by atoms with E-state index >= 15 is 0 Å².